The summed E-state index contributed by atoms with van der Waals surface area (Å²) in [7, 11) is 0. The van der Waals surface area contributed by atoms with Crippen molar-refractivity contribution in [1.29, 1.82) is 0 Å². The van der Waals surface area contributed by atoms with Crippen molar-refractivity contribution in [2.75, 3.05) is 31.1 Å². The zero-order chi connectivity index (χ0) is 12.4. The molecule has 1 saturated heterocycles. The number of rotatable bonds is 2. The van der Waals surface area contributed by atoms with Crippen LogP contribution in [-0.2, 0) is 17.8 Å². The van der Waals surface area contributed by atoms with Crippen molar-refractivity contribution in [3.8, 4) is 0 Å². The fourth-order valence-electron chi connectivity index (χ4n) is 2.64. The number of ether oxygens (including phenoxy) is 1. The summed E-state index contributed by atoms with van der Waals surface area (Å²) < 4.78 is 5.40. The Bertz CT molecular complexity index is 415. The van der Waals surface area contributed by atoms with E-state index in [1.54, 1.807) is 0 Å². The smallest absolute Gasteiger partial charge is 0.225 e. The summed E-state index contributed by atoms with van der Waals surface area (Å²) in [4.78, 5) is 11.4. The van der Waals surface area contributed by atoms with Gasteiger partial charge >= 0.3 is 0 Å². The average molecular weight is 248 g/mol. The topological polar surface area (TPSA) is 64.3 Å². The number of nitrogens with zero attached hydrogens (tertiary/aromatic N) is 3. The van der Waals surface area contributed by atoms with Gasteiger partial charge in [0, 0.05) is 31.3 Å². The largest absolute Gasteiger partial charge is 0.376 e. The lowest BCUT2D eigenvalue weighted by Gasteiger charge is -2.31. The third-order valence-electron chi connectivity index (χ3n) is 3.91. The molecule has 0 atom stereocenters. The van der Waals surface area contributed by atoms with Crippen molar-refractivity contribution in [3.05, 3.63) is 17.5 Å². The number of nitrogens with two attached hydrogens (primary N) is 1. The molecule has 3 heterocycles. The van der Waals surface area contributed by atoms with Crippen LogP contribution in [0.5, 0.6) is 0 Å². The molecule has 0 bridgehead atoms. The molecule has 0 aromatic carbocycles. The van der Waals surface area contributed by atoms with Crippen molar-refractivity contribution in [1.82, 2.24) is 9.97 Å². The molecule has 0 unspecified atom stereocenters. The predicted molar refractivity (Wildman–Crippen MR) is 69.4 cm³/mol. The highest BCUT2D eigenvalue weighted by Crippen LogP contribution is 2.22. The van der Waals surface area contributed by atoms with Gasteiger partial charge in [0.15, 0.2) is 0 Å². The third-order valence-corrected chi connectivity index (χ3v) is 3.91. The summed E-state index contributed by atoms with van der Waals surface area (Å²) in [5.41, 5.74) is 8.01. The van der Waals surface area contributed by atoms with Crippen LogP contribution in [0, 0.1) is 5.92 Å². The van der Waals surface area contributed by atoms with Crippen molar-refractivity contribution in [2.45, 2.75) is 25.9 Å². The van der Waals surface area contributed by atoms with Crippen LogP contribution in [0.15, 0.2) is 6.20 Å². The Morgan fingerprint density at radius 2 is 2.22 bits per heavy atom. The first kappa shape index (κ1) is 11.9. The molecule has 1 aromatic heterocycles. The van der Waals surface area contributed by atoms with Crippen LogP contribution in [0.4, 0.5) is 5.95 Å². The molecule has 0 aliphatic carbocycles. The van der Waals surface area contributed by atoms with Crippen LogP contribution >= 0.6 is 0 Å². The third kappa shape index (κ3) is 2.33. The van der Waals surface area contributed by atoms with E-state index in [0.717, 1.165) is 62.7 Å². The molecule has 0 radical (unpaired) electrons. The molecular weight excluding hydrogens is 228 g/mol. The van der Waals surface area contributed by atoms with E-state index in [1.807, 2.05) is 6.20 Å². The van der Waals surface area contributed by atoms with Crippen molar-refractivity contribution < 1.29 is 4.74 Å². The molecule has 3 rings (SSSR count). The Morgan fingerprint density at radius 3 is 3.00 bits per heavy atom. The molecule has 0 spiro atoms. The number of anilines is 1. The summed E-state index contributed by atoms with van der Waals surface area (Å²) in [5, 5.41) is 0. The standard InChI is InChI=1S/C13H20N4O/c14-7-10-1-4-17(5-2-10)13-15-8-11-9-18-6-3-12(11)16-13/h8,10H,1-7,9,14H2. The van der Waals surface area contributed by atoms with Crippen LogP contribution in [0.1, 0.15) is 24.1 Å². The zero-order valence-corrected chi connectivity index (χ0v) is 10.6. The van der Waals surface area contributed by atoms with Crippen molar-refractivity contribution in [2.24, 2.45) is 11.7 Å². The number of piperidine rings is 1. The van der Waals surface area contributed by atoms with Gasteiger partial charge in [0.25, 0.3) is 0 Å². The highest BCUT2D eigenvalue weighted by Gasteiger charge is 2.21. The van der Waals surface area contributed by atoms with Crippen LogP contribution in [0.2, 0.25) is 0 Å². The van der Waals surface area contributed by atoms with E-state index >= 15 is 0 Å². The van der Waals surface area contributed by atoms with E-state index < -0.39 is 0 Å². The summed E-state index contributed by atoms with van der Waals surface area (Å²) in [6, 6.07) is 0. The first-order valence-corrected chi connectivity index (χ1v) is 6.74. The first-order valence-electron chi connectivity index (χ1n) is 6.74. The van der Waals surface area contributed by atoms with E-state index in [0.29, 0.717) is 12.5 Å². The second-order valence-electron chi connectivity index (χ2n) is 5.11. The molecule has 1 fully saturated rings. The molecule has 0 saturated carbocycles. The van der Waals surface area contributed by atoms with Crippen molar-refractivity contribution in [3.63, 3.8) is 0 Å². The van der Waals surface area contributed by atoms with Gasteiger partial charge in [0.2, 0.25) is 5.95 Å². The van der Waals surface area contributed by atoms with Crippen LogP contribution in [0.3, 0.4) is 0 Å². The highest BCUT2D eigenvalue weighted by atomic mass is 16.5. The number of hydrogen-bond donors (Lipinski definition) is 1. The van der Waals surface area contributed by atoms with Gasteiger partial charge in [-0.1, -0.05) is 0 Å². The van der Waals surface area contributed by atoms with Gasteiger partial charge in [-0.2, -0.15) is 0 Å². The summed E-state index contributed by atoms with van der Waals surface area (Å²) in [5.74, 6) is 1.55. The molecule has 0 amide bonds. The lowest BCUT2D eigenvalue weighted by molar-refractivity contribution is 0.109. The number of aromatic nitrogens is 2. The quantitative estimate of drug-likeness (QED) is 0.835. The molecule has 5 nitrogen and oxygen atoms in total. The Morgan fingerprint density at radius 1 is 1.39 bits per heavy atom. The normalized spacial score (nSPS) is 20.8. The fraction of sp³-hybridized carbons (Fsp3) is 0.692. The molecular formula is C13H20N4O. The molecule has 1 aromatic rings. The molecule has 2 aliphatic heterocycles. The minimum atomic E-state index is 0.658. The Balaban J connectivity index is 1.73. The Labute approximate surface area is 107 Å². The molecule has 2 aliphatic rings. The van der Waals surface area contributed by atoms with E-state index in [1.165, 1.54) is 0 Å². The van der Waals surface area contributed by atoms with Gasteiger partial charge < -0.3 is 15.4 Å². The summed E-state index contributed by atoms with van der Waals surface area (Å²) >= 11 is 0. The molecule has 2 N–H and O–H groups in total. The Hall–Kier alpha value is -1.20. The Kier molecular flexibility index (Phi) is 3.43. The summed E-state index contributed by atoms with van der Waals surface area (Å²) in [6.07, 6.45) is 5.13. The van der Waals surface area contributed by atoms with Crippen LogP contribution in [-0.4, -0.2) is 36.2 Å². The number of hydrogen-bond acceptors (Lipinski definition) is 5. The second kappa shape index (κ2) is 5.20. The van der Waals surface area contributed by atoms with Gasteiger partial charge in [-0.25, -0.2) is 9.97 Å². The number of fused-ring (bicyclic) bond motifs is 1. The van der Waals surface area contributed by atoms with Crippen LogP contribution in [0.25, 0.3) is 0 Å². The van der Waals surface area contributed by atoms with Gasteiger partial charge in [-0.15, -0.1) is 0 Å². The maximum Gasteiger partial charge on any atom is 0.225 e. The lowest BCUT2D eigenvalue weighted by atomic mass is 9.97. The average Bonchev–Trinajstić information content (AvgIpc) is 2.47. The second-order valence-corrected chi connectivity index (χ2v) is 5.11. The molecule has 98 valence electrons. The van der Waals surface area contributed by atoms with Gasteiger partial charge in [-0.3, -0.25) is 0 Å². The van der Waals surface area contributed by atoms with Gasteiger partial charge in [-0.05, 0) is 25.3 Å². The van der Waals surface area contributed by atoms with Gasteiger partial charge in [0.05, 0.1) is 18.9 Å². The minimum absolute atomic E-state index is 0.658. The van der Waals surface area contributed by atoms with Crippen LogP contribution < -0.4 is 10.6 Å². The monoisotopic (exact) mass is 248 g/mol. The zero-order valence-electron chi connectivity index (χ0n) is 10.6. The highest BCUT2D eigenvalue weighted by molar-refractivity contribution is 5.34. The SMILES string of the molecule is NCC1CCN(c2ncc3c(n2)CCOC3)CC1. The van der Waals surface area contributed by atoms with E-state index in [4.69, 9.17) is 15.5 Å². The minimum Gasteiger partial charge on any atom is -0.376 e. The maximum absolute atomic E-state index is 5.71. The van der Waals surface area contributed by atoms with E-state index in [9.17, 15) is 0 Å². The summed E-state index contributed by atoms with van der Waals surface area (Å²) in [6.45, 7) is 4.29. The van der Waals surface area contributed by atoms with Gasteiger partial charge in [0.1, 0.15) is 0 Å². The lowest BCUT2D eigenvalue weighted by Crippen LogP contribution is -2.37. The fourth-order valence-corrected chi connectivity index (χ4v) is 2.64. The van der Waals surface area contributed by atoms with E-state index in [2.05, 4.69) is 9.88 Å². The van der Waals surface area contributed by atoms with E-state index in [-0.39, 0.29) is 0 Å². The first-order chi connectivity index (χ1) is 8.86. The predicted octanol–water partition coefficient (Wildman–Crippen LogP) is 0.724. The molecule has 18 heavy (non-hydrogen) atoms. The maximum atomic E-state index is 5.71. The van der Waals surface area contributed by atoms with Crippen molar-refractivity contribution >= 4 is 5.95 Å². The molecule has 5 heteroatoms.